The molecule has 0 unspecified atom stereocenters. The van der Waals surface area contributed by atoms with Crippen LogP contribution in [0, 0.1) is 5.92 Å². The highest BCUT2D eigenvalue weighted by Crippen LogP contribution is 2.27. The fourth-order valence-electron chi connectivity index (χ4n) is 3.07. The largest absolute Gasteiger partial charge is 0.388 e. The van der Waals surface area contributed by atoms with Crippen molar-refractivity contribution in [1.82, 2.24) is 10.6 Å². The van der Waals surface area contributed by atoms with Crippen LogP contribution in [0.1, 0.15) is 51.4 Å². The van der Waals surface area contributed by atoms with E-state index in [4.69, 9.17) is 0 Å². The minimum absolute atomic E-state index is 0.112. The lowest BCUT2D eigenvalue weighted by atomic mass is 9.85. The van der Waals surface area contributed by atoms with Crippen LogP contribution in [-0.2, 0) is 4.79 Å². The van der Waals surface area contributed by atoms with E-state index in [-0.39, 0.29) is 5.91 Å². The average molecular weight is 254 g/mol. The van der Waals surface area contributed by atoms with Gasteiger partial charge in [0.1, 0.15) is 0 Å². The fourth-order valence-corrected chi connectivity index (χ4v) is 3.07. The van der Waals surface area contributed by atoms with Crippen molar-refractivity contribution in [2.45, 2.75) is 57.0 Å². The zero-order valence-corrected chi connectivity index (χ0v) is 11.2. The number of piperidine rings is 1. The minimum Gasteiger partial charge on any atom is -0.388 e. The zero-order valence-electron chi connectivity index (χ0n) is 11.2. The third-order valence-electron chi connectivity index (χ3n) is 4.33. The van der Waals surface area contributed by atoms with E-state index in [0.717, 1.165) is 51.6 Å². The summed E-state index contributed by atoms with van der Waals surface area (Å²) in [5.41, 5.74) is -0.637. The summed E-state index contributed by atoms with van der Waals surface area (Å²) in [6, 6.07) is 0. The Morgan fingerprint density at radius 3 is 2.56 bits per heavy atom. The van der Waals surface area contributed by atoms with Crippen LogP contribution in [0.5, 0.6) is 0 Å². The van der Waals surface area contributed by atoms with Crippen molar-refractivity contribution in [3.05, 3.63) is 0 Å². The molecule has 0 bridgehead atoms. The quantitative estimate of drug-likeness (QED) is 0.706. The van der Waals surface area contributed by atoms with Gasteiger partial charge in [-0.3, -0.25) is 4.79 Å². The predicted octanol–water partition coefficient (Wildman–Crippen LogP) is 1.19. The summed E-state index contributed by atoms with van der Waals surface area (Å²) in [4.78, 5) is 11.9. The number of carbonyl (C=O) groups is 1. The van der Waals surface area contributed by atoms with Crippen LogP contribution in [0.3, 0.4) is 0 Å². The molecule has 1 saturated heterocycles. The molecule has 1 aliphatic carbocycles. The van der Waals surface area contributed by atoms with E-state index in [1.165, 1.54) is 6.42 Å². The minimum atomic E-state index is -0.637. The monoisotopic (exact) mass is 254 g/mol. The molecule has 2 aliphatic rings. The highest BCUT2D eigenvalue weighted by molar-refractivity contribution is 5.76. The Labute approximate surface area is 110 Å². The molecule has 1 heterocycles. The van der Waals surface area contributed by atoms with Gasteiger partial charge in [-0.2, -0.15) is 0 Å². The molecule has 1 amide bonds. The van der Waals surface area contributed by atoms with Gasteiger partial charge in [0.25, 0.3) is 0 Å². The number of rotatable bonds is 4. The molecule has 18 heavy (non-hydrogen) atoms. The Hall–Kier alpha value is -0.610. The van der Waals surface area contributed by atoms with Crippen LogP contribution in [0.2, 0.25) is 0 Å². The van der Waals surface area contributed by atoms with Gasteiger partial charge >= 0.3 is 0 Å². The maximum atomic E-state index is 11.9. The van der Waals surface area contributed by atoms with Crippen LogP contribution in [0.4, 0.5) is 0 Å². The number of amides is 1. The highest BCUT2D eigenvalue weighted by atomic mass is 16.3. The first-order chi connectivity index (χ1) is 8.68. The summed E-state index contributed by atoms with van der Waals surface area (Å²) in [5, 5.41) is 16.5. The van der Waals surface area contributed by atoms with E-state index in [2.05, 4.69) is 10.6 Å². The SMILES string of the molecule is O=C(CC1CCNCC1)NCC1(O)CCCCC1. The molecule has 2 fully saturated rings. The molecule has 0 atom stereocenters. The molecule has 104 valence electrons. The highest BCUT2D eigenvalue weighted by Gasteiger charge is 2.29. The average Bonchev–Trinajstić information content (AvgIpc) is 2.39. The maximum Gasteiger partial charge on any atom is 0.220 e. The second-order valence-electron chi connectivity index (χ2n) is 5.96. The maximum absolute atomic E-state index is 11.9. The number of nitrogens with one attached hydrogen (secondary N) is 2. The molecule has 1 saturated carbocycles. The van der Waals surface area contributed by atoms with Gasteiger partial charge in [0.05, 0.1) is 5.60 Å². The van der Waals surface area contributed by atoms with Crippen molar-refractivity contribution in [3.63, 3.8) is 0 Å². The zero-order chi connectivity index (χ0) is 12.8. The van der Waals surface area contributed by atoms with Gasteiger partial charge in [-0.05, 0) is 44.7 Å². The van der Waals surface area contributed by atoms with E-state index in [0.29, 0.717) is 18.9 Å². The Kier molecular flexibility index (Phi) is 5.01. The number of hydrogen-bond donors (Lipinski definition) is 3. The van der Waals surface area contributed by atoms with Gasteiger partial charge in [-0.15, -0.1) is 0 Å². The first kappa shape index (κ1) is 13.8. The number of aliphatic hydroxyl groups is 1. The molecule has 0 radical (unpaired) electrons. The molecular formula is C14H26N2O2. The second-order valence-corrected chi connectivity index (χ2v) is 5.96. The number of carbonyl (C=O) groups excluding carboxylic acids is 1. The Balaban J connectivity index is 1.67. The summed E-state index contributed by atoms with van der Waals surface area (Å²) in [6.45, 7) is 2.50. The van der Waals surface area contributed by atoms with E-state index >= 15 is 0 Å². The first-order valence-corrected chi connectivity index (χ1v) is 7.38. The van der Waals surface area contributed by atoms with Crippen LogP contribution in [0.15, 0.2) is 0 Å². The standard InChI is InChI=1S/C14H26N2O2/c17-13(10-12-4-8-15-9-5-12)16-11-14(18)6-2-1-3-7-14/h12,15,18H,1-11H2,(H,16,17). The van der Waals surface area contributed by atoms with E-state index in [1.807, 2.05) is 0 Å². The Morgan fingerprint density at radius 2 is 1.89 bits per heavy atom. The van der Waals surface area contributed by atoms with Crippen LogP contribution >= 0.6 is 0 Å². The molecule has 1 aliphatic heterocycles. The normalized spacial score (nSPS) is 24.7. The fraction of sp³-hybridized carbons (Fsp3) is 0.929. The summed E-state index contributed by atoms with van der Waals surface area (Å²) < 4.78 is 0. The molecule has 0 aromatic rings. The Bertz CT molecular complexity index is 269. The first-order valence-electron chi connectivity index (χ1n) is 7.38. The van der Waals surface area contributed by atoms with Crippen LogP contribution < -0.4 is 10.6 Å². The van der Waals surface area contributed by atoms with Gasteiger partial charge < -0.3 is 15.7 Å². The predicted molar refractivity (Wildman–Crippen MR) is 71.3 cm³/mol. The summed E-state index contributed by atoms with van der Waals surface area (Å²) in [5.74, 6) is 0.633. The number of hydrogen-bond acceptors (Lipinski definition) is 3. The van der Waals surface area contributed by atoms with Crippen molar-refractivity contribution in [2.75, 3.05) is 19.6 Å². The molecule has 4 heteroatoms. The lowest BCUT2D eigenvalue weighted by Gasteiger charge is -2.32. The molecule has 4 nitrogen and oxygen atoms in total. The summed E-state index contributed by atoms with van der Waals surface area (Å²) in [7, 11) is 0. The lowest BCUT2D eigenvalue weighted by Crippen LogP contribution is -2.44. The molecule has 2 rings (SSSR count). The Morgan fingerprint density at radius 1 is 1.22 bits per heavy atom. The summed E-state index contributed by atoms with van der Waals surface area (Å²) >= 11 is 0. The van der Waals surface area contributed by atoms with Crippen LogP contribution in [0.25, 0.3) is 0 Å². The molecule has 0 aromatic heterocycles. The third kappa shape index (κ3) is 4.25. The lowest BCUT2D eigenvalue weighted by molar-refractivity contribution is -0.123. The van der Waals surface area contributed by atoms with Gasteiger partial charge in [-0.25, -0.2) is 0 Å². The van der Waals surface area contributed by atoms with Gasteiger partial charge in [0.15, 0.2) is 0 Å². The molecule has 0 spiro atoms. The van der Waals surface area contributed by atoms with Crippen LogP contribution in [-0.4, -0.2) is 36.2 Å². The van der Waals surface area contributed by atoms with Crippen molar-refractivity contribution in [3.8, 4) is 0 Å². The van der Waals surface area contributed by atoms with Crippen molar-refractivity contribution in [1.29, 1.82) is 0 Å². The molecule has 0 aromatic carbocycles. The van der Waals surface area contributed by atoms with Gasteiger partial charge in [0.2, 0.25) is 5.91 Å². The van der Waals surface area contributed by atoms with Gasteiger partial charge in [-0.1, -0.05) is 19.3 Å². The van der Waals surface area contributed by atoms with Gasteiger partial charge in [0, 0.05) is 13.0 Å². The van der Waals surface area contributed by atoms with E-state index in [9.17, 15) is 9.90 Å². The van der Waals surface area contributed by atoms with Crippen molar-refractivity contribution in [2.24, 2.45) is 5.92 Å². The topological polar surface area (TPSA) is 61.4 Å². The van der Waals surface area contributed by atoms with Crippen molar-refractivity contribution < 1.29 is 9.90 Å². The van der Waals surface area contributed by atoms with E-state index in [1.54, 1.807) is 0 Å². The van der Waals surface area contributed by atoms with Crippen molar-refractivity contribution >= 4 is 5.91 Å². The second kappa shape index (κ2) is 6.53. The smallest absolute Gasteiger partial charge is 0.220 e. The summed E-state index contributed by atoms with van der Waals surface area (Å²) in [6.07, 6.45) is 7.86. The van der Waals surface area contributed by atoms with E-state index < -0.39 is 5.60 Å². The molecule has 3 N–H and O–H groups in total. The molecular weight excluding hydrogens is 228 g/mol. The third-order valence-corrected chi connectivity index (χ3v) is 4.33.